The number of nitrogens with one attached hydrogen (secondary N) is 1. The molecule has 10 rings (SSSR count). The molecule has 380 valence electrons. The van der Waals surface area contributed by atoms with Gasteiger partial charge in [-0.2, -0.15) is 15.1 Å². The number of phenolic OH excluding ortho intramolecular Hbond substituents is 1. The minimum Gasteiger partial charge on any atom is -0.508 e. The van der Waals surface area contributed by atoms with Crippen LogP contribution >= 0.6 is 0 Å². The SMILES string of the molecule is CCc1c(F)ccc2cc(O)cc(-c3ncc4c(N5CCC[C@H](C)C5)nc(OCC5(CN6CCN(C(=O)CN7CCC(c8ccc9c(C(CCC=O)C(=O)NC)nn(C)c9c8)CC7)CC6)CC5)nc4c3F)c12. The molecule has 1 unspecified atom stereocenters. The fourth-order valence-corrected chi connectivity index (χ4v) is 11.6. The molecule has 0 radical (unpaired) electrons. The lowest BCUT2D eigenvalue weighted by Crippen LogP contribution is -2.53. The number of benzene rings is 3. The normalized spacial score (nSPS) is 19.3. The van der Waals surface area contributed by atoms with Gasteiger partial charge >= 0.3 is 6.01 Å². The first-order chi connectivity index (χ1) is 34.8. The van der Waals surface area contributed by atoms with Crippen LogP contribution in [0, 0.1) is 23.0 Å². The number of piperazine rings is 1. The van der Waals surface area contributed by atoms with Crippen molar-refractivity contribution in [2.75, 3.05) is 84.0 Å². The third-order valence-corrected chi connectivity index (χ3v) is 15.9. The van der Waals surface area contributed by atoms with Crippen LogP contribution in [0.3, 0.4) is 0 Å². The van der Waals surface area contributed by atoms with Gasteiger partial charge in [-0.15, -0.1) is 0 Å². The Bertz CT molecular complexity index is 3020. The summed E-state index contributed by atoms with van der Waals surface area (Å²) in [7, 11) is 3.50. The molecule has 3 aliphatic heterocycles. The number of aromatic nitrogens is 5. The number of hydrogen-bond donors (Lipinski definition) is 2. The zero-order valence-electron chi connectivity index (χ0n) is 41.9. The van der Waals surface area contributed by atoms with Gasteiger partial charge in [-0.3, -0.25) is 29.1 Å². The van der Waals surface area contributed by atoms with E-state index in [2.05, 4.69) is 50.1 Å². The molecule has 72 heavy (non-hydrogen) atoms. The smallest absolute Gasteiger partial charge is 0.319 e. The van der Waals surface area contributed by atoms with E-state index in [1.807, 2.05) is 23.6 Å². The molecule has 2 amide bonds. The van der Waals surface area contributed by atoms with E-state index in [9.17, 15) is 19.5 Å². The molecule has 17 heteroatoms. The molecule has 0 spiro atoms. The molecular weight excluding hydrogens is 919 g/mol. The standard InChI is InChI=1S/C55H66F2N10O5/c1-5-39-44(56)13-11-37-26-38(69)28-42(47(37)39)50-48(57)51-43(29-59-50)52(67-18-6-8-34(2)30-67)61-54(60-51)72-33-55(16-17-55)32-65-21-23-66(24-22-65)46(70)31-64-19-14-35(15-20-64)36-10-12-40-45(27-36)63(4)62-49(40)41(9-7-25-68)53(71)58-3/h10-13,25-29,34-35,41,69H,5-9,14-24,30-33H2,1-4H3,(H,58,71)/t34-,41?/m0/s1. The van der Waals surface area contributed by atoms with E-state index < -0.39 is 17.6 Å². The first kappa shape index (κ1) is 49.3. The summed E-state index contributed by atoms with van der Waals surface area (Å²) >= 11 is 0. The lowest BCUT2D eigenvalue weighted by atomic mass is 9.88. The minimum atomic E-state index is -0.681. The second-order valence-corrected chi connectivity index (χ2v) is 20.9. The van der Waals surface area contributed by atoms with Crippen LogP contribution in [0.5, 0.6) is 11.8 Å². The number of amides is 2. The fraction of sp³-hybridized carbons (Fsp3) is 0.509. The number of pyridine rings is 1. The molecule has 1 saturated carbocycles. The van der Waals surface area contributed by atoms with E-state index in [1.165, 1.54) is 17.7 Å². The fourth-order valence-electron chi connectivity index (χ4n) is 11.6. The van der Waals surface area contributed by atoms with Gasteiger partial charge in [0.05, 0.1) is 35.7 Å². The number of phenols is 1. The number of anilines is 1. The van der Waals surface area contributed by atoms with Gasteiger partial charge in [-0.1, -0.05) is 32.0 Å². The Hall–Kier alpha value is -6.33. The van der Waals surface area contributed by atoms with Gasteiger partial charge in [0.1, 0.15) is 34.9 Å². The first-order valence-electron chi connectivity index (χ1n) is 25.9. The van der Waals surface area contributed by atoms with Crippen molar-refractivity contribution in [3.8, 4) is 23.0 Å². The Morgan fingerprint density at radius 1 is 0.972 bits per heavy atom. The number of aryl methyl sites for hydroxylation is 2. The molecule has 15 nitrogen and oxygen atoms in total. The maximum absolute atomic E-state index is 17.1. The molecule has 4 fully saturated rings. The lowest BCUT2D eigenvalue weighted by Gasteiger charge is -2.38. The molecule has 3 saturated heterocycles. The third kappa shape index (κ3) is 9.93. The Balaban J connectivity index is 0.764. The zero-order chi connectivity index (χ0) is 50.3. The molecule has 2 N–H and O–H groups in total. The Labute approximate surface area is 418 Å². The second kappa shape index (κ2) is 20.7. The Morgan fingerprint density at radius 2 is 1.76 bits per heavy atom. The number of rotatable bonds is 16. The van der Waals surface area contributed by atoms with Crippen molar-refractivity contribution < 1.29 is 33.0 Å². The highest BCUT2D eigenvalue weighted by Gasteiger charge is 2.46. The number of nitrogens with zero attached hydrogens (tertiary/aromatic N) is 9. The van der Waals surface area contributed by atoms with Gasteiger partial charge in [0.25, 0.3) is 0 Å². The van der Waals surface area contributed by atoms with Crippen LogP contribution in [0.1, 0.15) is 93.9 Å². The van der Waals surface area contributed by atoms with Crippen molar-refractivity contribution in [1.29, 1.82) is 0 Å². The third-order valence-electron chi connectivity index (χ3n) is 15.9. The predicted octanol–water partition coefficient (Wildman–Crippen LogP) is 7.51. The van der Waals surface area contributed by atoms with E-state index >= 15 is 8.78 Å². The number of piperidine rings is 2. The zero-order valence-corrected chi connectivity index (χ0v) is 41.9. The number of aldehydes is 1. The first-order valence-corrected chi connectivity index (χ1v) is 25.9. The maximum atomic E-state index is 17.1. The topological polar surface area (TPSA) is 162 Å². The van der Waals surface area contributed by atoms with Crippen LogP contribution in [-0.2, 0) is 27.9 Å². The van der Waals surface area contributed by atoms with E-state index in [0.717, 1.165) is 102 Å². The van der Waals surface area contributed by atoms with Gasteiger partial charge < -0.3 is 29.8 Å². The number of ether oxygens (including phenoxy) is 1. The lowest BCUT2D eigenvalue weighted by molar-refractivity contribution is -0.134. The van der Waals surface area contributed by atoms with Crippen LogP contribution in [-0.4, -0.2) is 142 Å². The summed E-state index contributed by atoms with van der Waals surface area (Å²) in [4.78, 5) is 60.7. The summed E-state index contributed by atoms with van der Waals surface area (Å²) in [5, 5.41) is 20.7. The number of likely N-dealkylation sites (tertiary alicyclic amines) is 1. The van der Waals surface area contributed by atoms with Crippen LogP contribution < -0.4 is 15.0 Å². The average Bonchev–Trinajstić information content (AvgIpc) is 4.08. The van der Waals surface area contributed by atoms with Crippen molar-refractivity contribution in [2.45, 2.75) is 83.5 Å². The number of carbonyl (C=O) groups excluding carboxylic acids is 3. The summed E-state index contributed by atoms with van der Waals surface area (Å²) in [6, 6.07) is 12.4. The monoisotopic (exact) mass is 985 g/mol. The van der Waals surface area contributed by atoms with Gasteiger partial charge in [0.2, 0.25) is 11.8 Å². The Kier molecular flexibility index (Phi) is 14.1. The summed E-state index contributed by atoms with van der Waals surface area (Å²) in [6.45, 7) is 11.7. The van der Waals surface area contributed by atoms with Crippen molar-refractivity contribution in [3.05, 3.63) is 77.1 Å². The molecule has 1 aliphatic carbocycles. The molecule has 3 aromatic carbocycles. The number of halogens is 2. The average molecular weight is 985 g/mol. The van der Waals surface area contributed by atoms with Crippen LogP contribution in [0.25, 0.3) is 43.8 Å². The minimum absolute atomic E-state index is 0.0259. The number of aromatic hydroxyl groups is 1. The molecule has 3 aromatic heterocycles. The largest absolute Gasteiger partial charge is 0.508 e. The maximum Gasteiger partial charge on any atom is 0.319 e. The summed E-state index contributed by atoms with van der Waals surface area (Å²) in [5.41, 5.74) is 3.55. The molecule has 6 aromatic rings. The van der Waals surface area contributed by atoms with E-state index in [4.69, 9.17) is 19.8 Å². The Morgan fingerprint density at radius 3 is 2.49 bits per heavy atom. The molecule has 6 heterocycles. The van der Waals surface area contributed by atoms with Gasteiger partial charge in [0, 0.05) is 88.9 Å². The number of hydrogen-bond acceptors (Lipinski definition) is 12. The molecule has 0 bridgehead atoms. The van der Waals surface area contributed by atoms with Crippen LogP contribution in [0.2, 0.25) is 0 Å². The van der Waals surface area contributed by atoms with Crippen LogP contribution in [0.15, 0.2) is 48.7 Å². The highest BCUT2D eigenvalue weighted by atomic mass is 19.1. The van der Waals surface area contributed by atoms with Crippen molar-refractivity contribution in [1.82, 2.24) is 44.7 Å². The molecular formula is C55H66F2N10O5. The number of likely N-dealkylation sites (N-methyl/N-ethyl adjacent to an activating group) is 1. The van der Waals surface area contributed by atoms with E-state index in [0.29, 0.717) is 89.7 Å². The van der Waals surface area contributed by atoms with Gasteiger partial charge in [-0.05, 0) is 122 Å². The summed E-state index contributed by atoms with van der Waals surface area (Å²) in [5.74, 6) is -0.281. The van der Waals surface area contributed by atoms with Crippen LogP contribution in [0.4, 0.5) is 14.6 Å². The number of carbonyl (C=O) groups is 3. The van der Waals surface area contributed by atoms with E-state index in [1.54, 1.807) is 25.4 Å². The van der Waals surface area contributed by atoms with Gasteiger partial charge in [-0.25, -0.2) is 8.78 Å². The van der Waals surface area contributed by atoms with Crippen molar-refractivity contribution in [2.24, 2.45) is 18.4 Å². The van der Waals surface area contributed by atoms with Gasteiger partial charge in [0.15, 0.2) is 5.82 Å². The molecule has 4 aliphatic rings. The molecule has 2 atom stereocenters. The predicted molar refractivity (Wildman–Crippen MR) is 273 cm³/mol. The summed E-state index contributed by atoms with van der Waals surface area (Å²) < 4.78 is 40.6. The summed E-state index contributed by atoms with van der Waals surface area (Å²) in [6.07, 6.45) is 9.41. The van der Waals surface area contributed by atoms with Crippen molar-refractivity contribution >= 4 is 56.5 Å². The van der Waals surface area contributed by atoms with Crippen molar-refractivity contribution in [3.63, 3.8) is 0 Å². The highest BCUT2D eigenvalue weighted by Crippen LogP contribution is 2.47. The highest BCUT2D eigenvalue weighted by molar-refractivity contribution is 6.02. The van der Waals surface area contributed by atoms with E-state index in [-0.39, 0.29) is 46.6 Å². The second-order valence-electron chi connectivity index (χ2n) is 20.9. The quantitative estimate of drug-likeness (QED) is 0.0921. The number of fused-ring (bicyclic) bond motifs is 3.